The highest BCUT2D eigenvalue weighted by molar-refractivity contribution is 5.32. The molecule has 4 aliphatic rings. The van der Waals surface area contributed by atoms with Crippen LogP contribution in [0.2, 0.25) is 0 Å². The summed E-state index contributed by atoms with van der Waals surface area (Å²) in [6, 6.07) is 0. The molecule has 0 radical (unpaired) electrons. The number of hydrogen-bond donors (Lipinski definition) is 0. The summed E-state index contributed by atoms with van der Waals surface area (Å²) in [6.07, 6.45) is 17.5. The lowest BCUT2D eigenvalue weighted by atomic mass is 9.56. The van der Waals surface area contributed by atoms with Crippen molar-refractivity contribution in [3.05, 3.63) is 35.5 Å². The lowest BCUT2D eigenvalue weighted by Crippen LogP contribution is -2.41. The van der Waals surface area contributed by atoms with E-state index in [2.05, 4.69) is 32.6 Å². The lowest BCUT2D eigenvalue weighted by molar-refractivity contribution is 0.0317. The predicted octanol–water partition coefficient (Wildman–Crippen LogP) is 6.45. The standard InChI is InChI=1S/C22H32/c1-4-17-9-11-21-20-7-5-6-16-14-15(2)8-10-18(16)19(20)12-13-22(17,21)3/h4,8,17,19-21H,1,5-7,9-14H2,2-3H3/t17-,19?,20?,21?,22?/m0/s1. The summed E-state index contributed by atoms with van der Waals surface area (Å²) >= 11 is 0. The Bertz CT molecular complexity index is 534. The molecule has 0 N–H and O–H groups in total. The van der Waals surface area contributed by atoms with E-state index in [1.807, 2.05) is 11.1 Å². The van der Waals surface area contributed by atoms with E-state index in [-0.39, 0.29) is 0 Å². The molecule has 0 heteroatoms. The average Bonchev–Trinajstić information content (AvgIpc) is 2.74. The highest BCUT2D eigenvalue weighted by Crippen LogP contribution is 2.62. The van der Waals surface area contributed by atoms with E-state index in [0.29, 0.717) is 5.41 Å². The van der Waals surface area contributed by atoms with Crippen LogP contribution < -0.4 is 0 Å². The zero-order valence-electron chi connectivity index (χ0n) is 14.5. The summed E-state index contributed by atoms with van der Waals surface area (Å²) in [6.45, 7) is 9.08. The fourth-order valence-corrected chi connectivity index (χ4v) is 6.72. The van der Waals surface area contributed by atoms with Gasteiger partial charge in [-0.05, 0) is 93.8 Å². The third-order valence-electron chi connectivity index (χ3n) is 7.88. The molecule has 0 spiro atoms. The second-order valence-corrected chi connectivity index (χ2v) is 8.79. The molecule has 2 saturated carbocycles. The maximum Gasteiger partial charge on any atom is -0.0108 e. The highest BCUT2D eigenvalue weighted by atomic mass is 14.6. The smallest absolute Gasteiger partial charge is 0.0108 e. The topological polar surface area (TPSA) is 0 Å². The third kappa shape index (κ3) is 2.09. The van der Waals surface area contributed by atoms with Gasteiger partial charge in [0.15, 0.2) is 0 Å². The summed E-state index contributed by atoms with van der Waals surface area (Å²) in [7, 11) is 0. The molecule has 0 saturated heterocycles. The minimum Gasteiger partial charge on any atom is -0.103 e. The molecule has 0 nitrogen and oxygen atoms in total. The van der Waals surface area contributed by atoms with Crippen LogP contribution in [0.1, 0.15) is 71.6 Å². The van der Waals surface area contributed by atoms with Gasteiger partial charge in [0.1, 0.15) is 0 Å². The second-order valence-electron chi connectivity index (χ2n) is 8.79. The SMILES string of the molecule is C=C[C@H]1CCC2C3CCCC4=C(CC=C(C)C4)C3CCC21C. The first-order valence-corrected chi connectivity index (χ1v) is 9.62. The van der Waals surface area contributed by atoms with Crippen molar-refractivity contribution >= 4 is 0 Å². The van der Waals surface area contributed by atoms with Gasteiger partial charge in [-0.1, -0.05) is 35.8 Å². The van der Waals surface area contributed by atoms with Gasteiger partial charge < -0.3 is 0 Å². The zero-order chi connectivity index (χ0) is 15.3. The molecule has 120 valence electrons. The maximum absolute atomic E-state index is 4.16. The van der Waals surface area contributed by atoms with Gasteiger partial charge in [-0.25, -0.2) is 0 Å². The molecule has 0 aromatic heterocycles. The number of allylic oxidation sites excluding steroid dienone is 5. The molecule has 2 fully saturated rings. The molecule has 4 unspecified atom stereocenters. The molecule has 0 aliphatic heterocycles. The third-order valence-corrected chi connectivity index (χ3v) is 7.88. The summed E-state index contributed by atoms with van der Waals surface area (Å²) in [5.41, 5.74) is 5.91. The molecular formula is C22H32. The van der Waals surface area contributed by atoms with Crippen LogP contribution in [-0.2, 0) is 0 Å². The van der Waals surface area contributed by atoms with E-state index < -0.39 is 0 Å². The Hall–Kier alpha value is -0.780. The van der Waals surface area contributed by atoms with E-state index in [9.17, 15) is 0 Å². The van der Waals surface area contributed by atoms with Gasteiger partial charge >= 0.3 is 0 Å². The molecule has 5 atom stereocenters. The van der Waals surface area contributed by atoms with E-state index in [1.54, 1.807) is 5.57 Å². The average molecular weight is 296 g/mol. The van der Waals surface area contributed by atoms with Crippen LogP contribution in [0.25, 0.3) is 0 Å². The minimum absolute atomic E-state index is 0.564. The Morgan fingerprint density at radius 3 is 2.91 bits per heavy atom. The maximum atomic E-state index is 4.16. The Morgan fingerprint density at radius 2 is 2.09 bits per heavy atom. The van der Waals surface area contributed by atoms with E-state index in [0.717, 1.165) is 23.7 Å². The first-order valence-electron chi connectivity index (χ1n) is 9.62. The summed E-state index contributed by atoms with van der Waals surface area (Å²) in [5.74, 6) is 3.64. The van der Waals surface area contributed by atoms with E-state index >= 15 is 0 Å². The van der Waals surface area contributed by atoms with Gasteiger partial charge in [-0.15, -0.1) is 6.58 Å². The Kier molecular flexibility index (Phi) is 3.62. The van der Waals surface area contributed by atoms with Crippen LogP contribution in [0, 0.1) is 29.1 Å². The predicted molar refractivity (Wildman–Crippen MR) is 94.6 cm³/mol. The molecule has 0 aromatic carbocycles. The molecule has 22 heavy (non-hydrogen) atoms. The van der Waals surface area contributed by atoms with Crippen molar-refractivity contribution in [1.82, 2.24) is 0 Å². The lowest BCUT2D eigenvalue weighted by Gasteiger charge is -2.49. The Balaban J connectivity index is 1.66. The Labute approximate surface area is 136 Å². The van der Waals surface area contributed by atoms with Crippen molar-refractivity contribution in [2.45, 2.75) is 71.6 Å². The van der Waals surface area contributed by atoms with Gasteiger partial charge in [0.2, 0.25) is 0 Å². The Morgan fingerprint density at radius 1 is 1.23 bits per heavy atom. The first-order chi connectivity index (χ1) is 10.6. The van der Waals surface area contributed by atoms with Crippen LogP contribution >= 0.6 is 0 Å². The van der Waals surface area contributed by atoms with Crippen LogP contribution in [0.3, 0.4) is 0 Å². The van der Waals surface area contributed by atoms with Gasteiger partial charge in [0.05, 0.1) is 0 Å². The molecule has 4 rings (SSSR count). The van der Waals surface area contributed by atoms with Crippen molar-refractivity contribution < 1.29 is 0 Å². The van der Waals surface area contributed by atoms with Gasteiger partial charge in [-0.3, -0.25) is 0 Å². The number of hydrogen-bond acceptors (Lipinski definition) is 0. The minimum atomic E-state index is 0.564. The van der Waals surface area contributed by atoms with Crippen LogP contribution in [0.15, 0.2) is 35.5 Å². The summed E-state index contributed by atoms with van der Waals surface area (Å²) in [4.78, 5) is 0. The fourth-order valence-electron chi connectivity index (χ4n) is 6.72. The fraction of sp³-hybridized carbons (Fsp3) is 0.727. The molecule has 0 heterocycles. The molecule has 0 amide bonds. The quantitative estimate of drug-likeness (QED) is 0.488. The van der Waals surface area contributed by atoms with Gasteiger partial charge in [0.25, 0.3) is 0 Å². The summed E-state index contributed by atoms with van der Waals surface area (Å²) < 4.78 is 0. The molecule has 4 aliphatic carbocycles. The molecular weight excluding hydrogens is 264 g/mol. The van der Waals surface area contributed by atoms with Gasteiger partial charge in [0, 0.05) is 0 Å². The van der Waals surface area contributed by atoms with Crippen molar-refractivity contribution in [1.29, 1.82) is 0 Å². The van der Waals surface area contributed by atoms with Crippen molar-refractivity contribution in [3.63, 3.8) is 0 Å². The highest BCUT2D eigenvalue weighted by Gasteiger charge is 2.53. The molecule has 0 aromatic rings. The van der Waals surface area contributed by atoms with E-state index in [4.69, 9.17) is 0 Å². The van der Waals surface area contributed by atoms with Crippen LogP contribution in [-0.4, -0.2) is 0 Å². The first kappa shape index (κ1) is 14.8. The van der Waals surface area contributed by atoms with Gasteiger partial charge in [-0.2, -0.15) is 0 Å². The number of fused-ring (bicyclic) bond motifs is 4. The number of rotatable bonds is 1. The zero-order valence-corrected chi connectivity index (χ0v) is 14.5. The van der Waals surface area contributed by atoms with E-state index in [1.165, 1.54) is 57.8 Å². The monoisotopic (exact) mass is 296 g/mol. The largest absolute Gasteiger partial charge is 0.103 e. The van der Waals surface area contributed by atoms with Crippen molar-refractivity contribution in [3.8, 4) is 0 Å². The van der Waals surface area contributed by atoms with Crippen LogP contribution in [0.4, 0.5) is 0 Å². The van der Waals surface area contributed by atoms with Crippen molar-refractivity contribution in [2.24, 2.45) is 29.1 Å². The summed E-state index contributed by atoms with van der Waals surface area (Å²) in [5, 5.41) is 0. The molecule has 0 bridgehead atoms. The second kappa shape index (κ2) is 5.39. The normalized spacial score (nSPS) is 44.5. The van der Waals surface area contributed by atoms with Crippen molar-refractivity contribution in [2.75, 3.05) is 0 Å². The van der Waals surface area contributed by atoms with Crippen LogP contribution in [0.5, 0.6) is 0 Å².